The first-order valence-corrected chi connectivity index (χ1v) is 13.8. The van der Waals surface area contributed by atoms with Gasteiger partial charge in [-0.05, 0) is 57.0 Å². The van der Waals surface area contributed by atoms with Gasteiger partial charge in [-0.15, -0.1) is 0 Å². The molecule has 4 atom stereocenters. The minimum atomic E-state index is -0.908. The molecule has 2 aliphatic heterocycles. The van der Waals surface area contributed by atoms with Crippen molar-refractivity contribution in [3.8, 4) is 11.5 Å². The topological polar surface area (TPSA) is 108 Å². The van der Waals surface area contributed by atoms with Crippen molar-refractivity contribution in [3.05, 3.63) is 77.4 Å². The van der Waals surface area contributed by atoms with E-state index >= 15 is 0 Å². The highest BCUT2D eigenvalue weighted by Crippen LogP contribution is 2.35. The van der Waals surface area contributed by atoms with Gasteiger partial charge in [0.05, 0.1) is 11.7 Å². The predicted molar refractivity (Wildman–Crippen MR) is 153 cm³/mol. The van der Waals surface area contributed by atoms with Crippen LogP contribution in [0.1, 0.15) is 59.9 Å². The molecule has 2 heterocycles. The summed E-state index contributed by atoms with van der Waals surface area (Å²) in [5.74, 6) is -1.27. The average Bonchev–Trinajstić information content (AvgIpc) is 3.27. The van der Waals surface area contributed by atoms with E-state index in [0.717, 1.165) is 0 Å². The molecule has 0 amide bonds. The zero-order valence-corrected chi connectivity index (χ0v) is 24.6. The first-order chi connectivity index (χ1) is 20.2. The maximum Gasteiger partial charge on any atom is 0.342 e. The molecule has 226 valence electrons. The minimum Gasteiger partial charge on any atom is -0.467 e. The second-order valence-corrected chi connectivity index (χ2v) is 10.4. The van der Waals surface area contributed by atoms with E-state index in [1.54, 1.807) is 55.5 Å². The molecule has 3 unspecified atom stereocenters. The maximum atomic E-state index is 13.4. The lowest BCUT2D eigenvalue weighted by molar-refractivity contribution is -0.152. The Morgan fingerprint density at radius 1 is 0.976 bits per heavy atom. The Labute approximate surface area is 246 Å². The first kappa shape index (κ1) is 31.2. The summed E-state index contributed by atoms with van der Waals surface area (Å²) in [6.07, 6.45) is 5.68. The highest BCUT2D eigenvalue weighted by atomic mass is 16.8. The van der Waals surface area contributed by atoms with Crippen molar-refractivity contribution in [2.75, 3.05) is 27.8 Å². The SMILES string of the molecule is COCOc1cc2c(c(OCOC)c1)C(=O)O[C@@H](C)CC=CC(OC(=O)c1ccccc1)C1OC(C)(C)OC1CC=C2. The Hall–Kier alpha value is -3.70. The predicted octanol–water partition coefficient (Wildman–Crippen LogP) is 5.31. The van der Waals surface area contributed by atoms with Crippen LogP contribution in [0.25, 0.3) is 6.08 Å². The quantitative estimate of drug-likeness (QED) is 0.231. The van der Waals surface area contributed by atoms with Gasteiger partial charge in [0.15, 0.2) is 19.4 Å². The summed E-state index contributed by atoms with van der Waals surface area (Å²) in [6.45, 7) is 5.35. The fraction of sp³-hybridized carbons (Fsp3) is 0.438. The van der Waals surface area contributed by atoms with E-state index in [1.165, 1.54) is 14.2 Å². The van der Waals surface area contributed by atoms with Gasteiger partial charge in [-0.3, -0.25) is 0 Å². The number of methoxy groups -OCH3 is 2. The van der Waals surface area contributed by atoms with E-state index in [1.807, 2.05) is 32.1 Å². The Balaban J connectivity index is 1.71. The molecule has 2 aliphatic rings. The normalized spacial score (nSPS) is 23.7. The lowest BCUT2D eigenvalue weighted by Crippen LogP contribution is -2.37. The Morgan fingerprint density at radius 3 is 2.45 bits per heavy atom. The molecule has 0 radical (unpaired) electrons. The zero-order valence-electron chi connectivity index (χ0n) is 24.6. The second kappa shape index (κ2) is 14.5. The van der Waals surface area contributed by atoms with Gasteiger partial charge < -0.3 is 37.9 Å². The molecule has 10 nitrogen and oxygen atoms in total. The third-order valence-electron chi connectivity index (χ3n) is 6.55. The summed E-state index contributed by atoms with van der Waals surface area (Å²) in [6, 6.07) is 12.1. The maximum absolute atomic E-state index is 13.4. The van der Waals surface area contributed by atoms with Crippen molar-refractivity contribution in [2.45, 2.75) is 63.8 Å². The van der Waals surface area contributed by atoms with Crippen molar-refractivity contribution in [1.82, 2.24) is 0 Å². The molecule has 0 aromatic heterocycles. The van der Waals surface area contributed by atoms with Gasteiger partial charge in [0.25, 0.3) is 0 Å². The van der Waals surface area contributed by atoms with Crippen LogP contribution in [0, 0.1) is 0 Å². The molecule has 0 saturated carbocycles. The van der Waals surface area contributed by atoms with Crippen LogP contribution in [0.4, 0.5) is 0 Å². The van der Waals surface area contributed by atoms with Crippen molar-refractivity contribution >= 4 is 18.0 Å². The number of fused-ring (bicyclic) bond motifs is 2. The van der Waals surface area contributed by atoms with E-state index in [0.29, 0.717) is 29.7 Å². The number of carbonyl (C=O) groups excluding carboxylic acids is 2. The number of hydrogen-bond donors (Lipinski definition) is 0. The van der Waals surface area contributed by atoms with Crippen LogP contribution in [-0.2, 0) is 28.4 Å². The number of esters is 2. The van der Waals surface area contributed by atoms with Crippen molar-refractivity contribution in [1.29, 1.82) is 0 Å². The molecule has 10 heteroatoms. The van der Waals surface area contributed by atoms with Gasteiger partial charge in [-0.25, -0.2) is 9.59 Å². The van der Waals surface area contributed by atoms with Crippen LogP contribution in [0.3, 0.4) is 0 Å². The van der Waals surface area contributed by atoms with Gasteiger partial charge in [-0.1, -0.05) is 36.4 Å². The van der Waals surface area contributed by atoms with Crippen molar-refractivity contribution in [2.24, 2.45) is 0 Å². The van der Waals surface area contributed by atoms with E-state index in [-0.39, 0.29) is 24.9 Å². The number of benzene rings is 2. The number of rotatable bonds is 8. The number of carbonyl (C=O) groups is 2. The third-order valence-corrected chi connectivity index (χ3v) is 6.55. The largest absolute Gasteiger partial charge is 0.467 e. The number of cyclic esters (lactones) is 1. The van der Waals surface area contributed by atoms with E-state index in [2.05, 4.69) is 0 Å². The third kappa shape index (κ3) is 8.19. The molecule has 0 spiro atoms. The van der Waals surface area contributed by atoms with E-state index in [4.69, 9.17) is 37.9 Å². The molecule has 2 aromatic rings. The van der Waals surface area contributed by atoms with Crippen LogP contribution >= 0.6 is 0 Å². The molecule has 42 heavy (non-hydrogen) atoms. The molecular weight excluding hydrogens is 544 g/mol. The van der Waals surface area contributed by atoms with Crippen LogP contribution < -0.4 is 9.47 Å². The first-order valence-electron chi connectivity index (χ1n) is 13.8. The van der Waals surface area contributed by atoms with E-state index in [9.17, 15) is 9.59 Å². The van der Waals surface area contributed by atoms with Crippen molar-refractivity contribution < 1.29 is 47.5 Å². The molecule has 0 aliphatic carbocycles. The van der Waals surface area contributed by atoms with Crippen LogP contribution in [-0.4, -0.2) is 69.9 Å². The second-order valence-electron chi connectivity index (χ2n) is 10.4. The standard InChI is InChI=1S/C32H38O10/c1-21-11-9-15-25(40-30(33)22-12-7-6-8-13-22)29-26(41-32(2,3)42-29)16-10-14-23-17-24(37-19-35-4)18-27(38-20-36-5)28(23)31(34)39-21/h6-10,12-15,17-18,21,25-26,29H,11,16,19-20H2,1-5H3/t21-,25?,26?,29?/m0/s1. The van der Waals surface area contributed by atoms with Gasteiger partial charge in [0, 0.05) is 26.7 Å². The molecule has 1 fully saturated rings. The smallest absolute Gasteiger partial charge is 0.342 e. The molecule has 4 rings (SSSR count). The minimum absolute atomic E-state index is 0.00708. The number of hydrogen-bond acceptors (Lipinski definition) is 10. The highest BCUT2D eigenvalue weighted by molar-refractivity contribution is 5.97. The Morgan fingerprint density at radius 2 is 1.71 bits per heavy atom. The molecule has 2 aromatic carbocycles. The summed E-state index contributed by atoms with van der Waals surface area (Å²) in [5.41, 5.74) is 1.18. The number of ether oxygens (including phenoxy) is 8. The summed E-state index contributed by atoms with van der Waals surface area (Å²) < 4.78 is 45.8. The molecule has 0 bridgehead atoms. The molecular formula is C32H38O10. The van der Waals surface area contributed by atoms with Gasteiger partial charge >= 0.3 is 11.9 Å². The van der Waals surface area contributed by atoms with Crippen LogP contribution in [0.15, 0.2) is 60.7 Å². The molecule has 1 saturated heterocycles. The van der Waals surface area contributed by atoms with Crippen LogP contribution in [0.2, 0.25) is 0 Å². The summed E-state index contributed by atoms with van der Waals surface area (Å²) >= 11 is 0. The van der Waals surface area contributed by atoms with Crippen LogP contribution in [0.5, 0.6) is 11.5 Å². The summed E-state index contributed by atoms with van der Waals surface area (Å²) in [7, 11) is 3.00. The van der Waals surface area contributed by atoms with Gasteiger partial charge in [0.2, 0.25) is 0 Å². The highest BCUT2D eigenvalue weighted by Gasteiger charge is 2.45. The Kier molecular flexibility index (Phi) is 10.8. The van der Waals surface area contributed by atoms with Crippen molar-refractivity contribution in [3.63, 3.8) is 0 Å². The lowest BCUT2D eigenvalue weighted by Gasteiger charge is -2.24. The fourth-order valence-electron chi connectivity index (χ4n) is 4.74. The van der Waals surface area contributed by atoms with Gasteiger partial charge in [0.1, 0.15) is 35.4 Å². The summed E-state index contributed by atoms with van der Waals surface area (Å²) in [5, 5.41) is 0. The monoisotopic (exact) mass is 582 g/mol. The zero-order chi connectivity index (χ0) is 30.1. The van der Waals surface area contributed by atoms with E-state index < -0.39 is 42.1 Å². The fourth-order valence-corrected chi connectivity index (χ4v) is 4.74. The summed E-state index contributed by atoms with van der Waals surface area (Å²) in [4.78, 5) is 26.5. The average molecular weight is 583 g/mol. The molecule has 0 N–H and O–H groups in total. The lowest BCUT2D eigenvalue weighted by atomic mass is 10.0. The Bertz CT molecular complexity index is 1270. The van der Waals surface area contributed by atoms with Gasteiger partial charge in [-0.2, -0.15) is 0 Å².